The zero-order chi connectivity index (χ0) is 18.7. The Morgan fingerprint density at radius 2 is 1.96 bits per heavy atom. The topological polar surface area (TPSA) is 62.4 Å². The summed E-state index contributed by atoms with van der Waals surface area (Å²) in [6.07, 6.45) is -0.131. The van der Waals surface area contributed by atoms with E-state index >= 15 is 0 Å². The molecule has 0 aliphatic heterocycles. The number of aromatic amines is 1. The third kappa shape index (κ3) is 4.02. The molecular weight excluding hydrogens is 347 g/mol. The van der Waals surface area contributed by atoms with Gasteiger partial charge in [-0.25, -0.2) is 9.18 Å². The van der Waals surface area contributed by atoms with E-state index < -0.39 is 11.8 Å². The average molecular weight is 367 g/mol. The minimum atomic E-state index is -0.503. The Hall–Kier alpha value is -2.34. The summed E-state index contributed by atoms with van der Waals surface area (Å²) < 4.78 is 18.6. The Morgan fingerprint density at radius 1 is 1.28 bits per heavy atom. The Bertz CT molecular complexity index is 797. The number of methoxy groups -OCH3 is 1. The van der Waals surface area contributed by atoms with Crippen LogP contribution in [0.25, 0.3) is 0 Å². The van der Waals surface area contributed by atoms with E-state index in [-0.39, 0.29) is 29.5 Å². The highest BCUT2D eigenvalue weighted by Gasteiger charge is 2.21. The number of esters is 1. The number of halogens is 2. The van der Waals surface area contributed by atoms with Crippen molar-refractivity contribution in [3.8, 4) is 0 Å². The fourth-order valence-corrected chi connectivity index (χ4v) is 2.87. The number of rotatable bonds is 5. The molecule has 0 unspecified atom stereocenters. The second-order valence-corrected chi connectivity index (χ2v) is 6.25. The first-order chi connectivity index (χ1) is 11.8. The number of aromatic nitrogens is 1. The van der Waals surface area contributed by atoms with Crippen LogP contribution in [0.5, 0.6) is 0 Å². The van der Waals surface area contributed by atoms with Gasteiger partial charge in [0.25, 0.3) is 0 Å². The highest BCUT2D eigenvalue weighted by Crippen LogP contribution is 2.22. The minimum Gasteiger partial charge on any atom is -0.464 e. The molecule has 0 saturated carbocycles. The molecule has 0 aliphatic rings. The van der Waals surface area contributed by atoms with Crippen molar-refractivity contribution < 1.29 is 18.7 Å². The van der Waals surface area contributed by atoms with Gasteiger partial charge >= 0.3 is 5.97 Å². The maximum atomic E-state index is 13.8. The summed E-state index contributed by atoms with van der Waals surface area (Å²) in [4.78, 5) is 28.6. The van der Waals surface area contributed by atoms with Gasteiger partial charge in [0.15, 0.2) is 0 Å². The van der Waals surface area contributed by atoms with Crippen molar-refractivity contribution in [2.45, 2.75) is 26.8 Å². The van der Waals surface area contributed by atoms with Gasteiger partial charge in [-0.3, -0.25) is 4.79 Å². The van der Waals surface area contributed by atoms with Crippen molar-refractivity contribution in [2.24, 2.45) is 0 Å². The highest BCUT2D eigenvalue weighted by molar-refractivity contribution is 6.31. The minimum absolute atomic E-state index is 0.131. The number of carbonyl (C=O) groups excluding carboxylic acids is 2. The lowest BCUT2D eigenvalue weighted by molar-refractivity contribution is -0.129. The molecule has 0 spiro atoms. The van der Waals surface area contributed by atoms with Crippen molar-refractivity contribution in [3.05, 3.63) is 57.1 Å². The second-order valence-electron chi connectivity index (χ2n) is 5.85. The number of carbonyl (C=O) groups is 2. The number of hydrogen-bond donors (Lipinski definition) is 1. The summed E-state index contributed by atoms with van der Waals surface area (Å²) >= 11 is 5.98. The fourth-order valence-electron chi connectivity index (χ4n) is 2.64. The second kappa shape index (κ2) is 7.70. The van der Waals surface area contributed by atoms with Crippen LogP contribution in [-0.4, -0.2) is 35.9 Å². The van der Waals surface area contributed by atoms with Gasteiger partial charge in [-0.15, -0.1) is 0 Å². The molecule has 5 nitrogen and oxygen atoms in total. The van der Waals surface area contributed by atoms with Crippen molar-refractivity contribution in [1.29, 1.82) is 0 Å². The zero-order valence-electron chi connectivity index (χ0n) is 14.6. The van der Waals surface area contributed by atoms with Crippen LogP contribution in [0.2, 0.25) is 5.02 Å². The SMILES string of the molecule is COC(=O)c1[nH]c(C)c(CN(C)C(=O)Cc2c(F)cccc2Cl)c1C. The van der Waals surface area contributed by atoms with E-state index in [2.05, 4.69) is 4.98 Å². The lowest BCUT2D eigenvalue weighted by atomic mass is 10.1. The van der Waals surface area contributed by atoms with E-state index in [9.17, 15) is 14.0 Å². The van der Waals surface area contributed by atoms with Crippen LogP contribution in [0.4, 0.5) is 4.39 Å². The molecule has 2 rings (SSSR count). The van der Waals surface area contributed by atoms with Crippen LogP contribution in [0.3, 0.4) is 0 Å². The van der Waals surface area contributed by atoms with Gasteiger partial charge in [-0.05, 0) is 37.1 Å². The quantitative estimate of drug-likeness (QED) is 0.825. The first-order valence-electron chi connectivity index (χ1n) is 7.69. The smallest absolute Gasteiger partial charge is 0.354 e. The molecule has 0 bridgehead atoms. The number of hydrogen-bond acceptors (Lipinski definition) is 3. The Morgan fingerprint density at radius 3 is 2.56 bits per heavy atom. The number of ether oxygens (including phenoxy) is 1. The van der Waals surface area contributed by atoms with Gasteiger partial charge in [0.2, 0.25) is 5.91 Å². The number of nitrogens with zero attached hydrogens (tertiary/aromatic N) is 1. The van der Waals surface area contributed by atoms with E-state index in [1.165, 1.54) is 24.1 Å². The van der Waals surface area contributed by atoms with Gasteiger partial charge < -0.3 is 14.6 Å². The average Bonchev–Trinajstić information content (AvgIpc) is 2.85. The Labute approximate surface area is 150 Å². The van der Waals surface area contributed by atoms with E-state index in [4.69, 9.17) is 16.3 Å². The summed E-state index contributed by atoms with van der Waals surface area (Å²) in [5.41, 5.74) is 2.89. The summed E-state index contributed by atoms with van der Waals surface area (Å²) in [5, 5.41) is 0.226. The van der Waals surface area contributed by atoms with Crippen molar-refractivity contribution in [1.82, 2.24) is 9.88 Å². The van der Waals surface area contributed by atoms with E-state index in [0.717, 1.165) is 16.8 Å². The van der Waals surface area contributed by atoms with Crippen LogP contribution in [0.15, 0.2) is 18.2 Å². The van der Waals surface area contributed by atoms with Crippen molar-refractivity contribution in [3.63, 3.8) is 0 Å². The molecule has 1 heterocycles. The molecule has 0 atom stereocenters. The summed E-state index contributed by atoms with van der Waals surface area (Å²) in [5.74, 6) is -1.23. The molecule has 1 N–H and O–H groups in total. The number of nitrogens with one attached hydrogen (secondary N) is 1. The van der Waals surface area contributed by atoms with E-state index in [1.54, 1.807) is 20.0 Å². The van der Waals surface area contributed by atoms with Gasteiger partial charge in [0.05, 0.1) is 13.5 Å². The van der Waals surface area contributed by atoms with Crippen LogP contribution in [0.1, 0.15) is 32.9 Å². The Kier molecular flexibility index (Phi) is 5.85. The highest BCUT2D eigenvalue weighted by atomic mass is 35.5. The standard InChI is InChI=1S/C18H20ClFN2O3/c1-10-13(11(2)21-17(10)18(24)25-4)9-22(3)16(23)8-12-14(19)6-5-7-15(12)20/h5-7,21H,8-9H2,1-4H3. The largest absolute Gasteiger partial charge is 0.464 e. The van der Waals surface area contributed by atoms with Crippen LogP contribution < -0.4 is 0 Å². The Balaban J connectivity index is 2.17. The molecule has 0 saturated heterocycles. The first-order valence-corrected chi connectivity index (χ1v) is 8.07. The predicted molar refractivity (Wildman–Crippen MR) is 93.2 cm³/mol. The number of benzene rings is 1. The third-order valence-electron chi connectivity index (χ3n) is 4.19. The van der Waals surface area contributed by atoms with Crippen molar-refractivity contribution >= 4 is 23.5 Å². The molecule has 0 aliphatic carbocycles. The monoisotopic (exact) mass is 366 g/mol. The van der Waals surface area contributed by atoms with Gasteiger partial charge in [-0.1, -0.05) is 17.7 Å². The molecule has 25 heavy (non-hydrogen) atoms. The molecule has 2 aromatic rings. The summed E-state index contributed by atoms with van der Waals surface area (Å²) in [6, 6.07) is 4.32. The molecule has 0 radical (unpaired) electrons. The number of amides is 1. The molecular formula is C18H20ClFN2O3. The van der Waals surface area contributed by atoms with Crippen molar-refractivity contribution in [2.75, 3.05) is 14.2 Å². The molecule has 1 aromatic carbocycles. The van der Waals surface area contributed by atoms with Gasteiger partial charge in [0.1, 0.15) is 11.5 Å². The predicted octanol–water partition coefficient (Wildman–Crippen LogP) is 3.41. The first kappa shape index (κ1) is 19.0. The maximum absolute atomic E-state index is 13.8. The fraction of sp³-hybridized carbons (Fsp3) is 0.333. The van der Waals surface area contributed by atoms with Gasteiger partial charge in [-0.2, -0.15) is 0 Å². The van der Waals surface area contributed by atoms with Crippen LogP contribution in [0, 0.1) is 19.7 Å². The summed E-state index contributed by atoms with van der Waals surface area (Å²) in [7, 11) is 2.94. The number of H-pyrrole nitrogens is 1. The lowest BCUT2D eigenvalue weighted by Crippen LogP contribution is -2.28. The van der Waals surface area contributed by atoms with E-state index in [0.29, 0.717) is 5.69 Å². The maximum Gasteiger partial charge on any atom is 0.354 e. The molecule has 0 fully saturated rings. The van der Waals surface area contributed by atoms with E-state index in [1.807, 2.05) is 6.92 Å². The van der Waals surface area contributed by atoms with Crippen LogP contribution >= 0.6 is 11.6 Å². The number of aryl methyl sites for hydroxylation is 1. The van der Waals surface area contributed by atoms with Crippen LogP contribution in [-0.2, 0) is 22.5 Å². The molecule has 1 aromatic heterocycles. The third-order valence-corrected chi connectivity index (χ3v) is 4.55. The summed E-state index contributed by atoms with van der Waals surface area (Å²) in [6.45, 7) is 3.90. The molecule has 134 valence electrons. The zero-order valence-corrected chi connectivity index (χ0v) is 15.3. The lowest BCUT2D eigenvalue weighted by Gasteiger charge is -2.18. The normalized spacial score (nSPS) is 10.6. The molecule has 1 amide bonds. The van der Waals surface area contributed by atoms with Gasteiger partial charge in [0, 0.05) is 29.9 Å². The number of likely N-dealkylation sites (N-methyl/N-ethyl adjacent to an activating group) is 1. The molecule has 7 heteroatoms.